The third-order valence-corrected chi connectivity index (χ3v) is 3.51. The third kappa shape index (κ3) is 2.94. The van der Waals surface area contributed by atoms with E-state index in [-0.39, 0.29) is 0 Å². The Balaban J connectivity index is 2.23. The van der Waals surface area contributed by atoms with Crippen molar-refractivity contribution < 1.29 is 4.79 Å². The van der Waals surface area contributed by atoms with Crippen LogP contribution in [0.15, 0.2) is 18.2 Å². The van der Waals surface area contributed by atoms with Gasteiger partial charge in [-0.3, -0.25) is 4.79 Å². The molecule has 98 valence electrons. The Labute approximate surface area is 108 Å². The van der Waals surface area contributed by atoms with E-state index >= 15 is 0 Å². The first-order chi connectivity index (χ1) is 8.68. The van der Waals surface area contributed by atoms with Crippen molar-refractivity contribution in [3.05, 3.63) is 23.8 Å². The first-order valence-electron chi connectivity index (χ1n) is 6.63. The fraction of sp³-hybridized carbons (Fsp3) is 0.500. The molecule has 0 atom stereocenters. The summed E-state index contributed by atoms with van der Waals surface area (Å²) in [5.41, 5.74) is 13.5. The predicted octanol–water partition coefficient (Wildman–Crippen LogP) is 2.14. The molecule has 18 heavy (non-hydrogen) atoms. The Hall–Kier alpha value is -1.71. The highest BCUT2D eigenvalue weighted by Crippen LogP contribution is 2.26. The van der Waals surface area contributed by atoms with Crippen molar-refractivity contribution >= 4 is 17.3 Å². The normalized spacial score (nSPS) is 17.0. The zero-order valence-corrected chi connectivity index (χ0v) is 10.7. The molecule has 4 N–H and O–H groups in total. The van der Waals surface area contributed by atoms with Crippen LogP contribution < -0.4 is 16.4 Å². The number of amides is 1. The highest BCUT2D eigenvalue weighted by molar-refractivity contribution is 5.95. The van der Waals surface area contributed by atoms with Crippen LogP contribution in [0.3, 0.4) is 0 Å². The molecule has 1 aromatic carbocycles. The van der Waals surface area contributed by atoms with Crippen LogP contribution in [-0.2, 0) is 0 Å². The maximum absolute atomic E-state index is 11.2. The number of nitrogens with two attached hydrogens (primary N) is 2. The average molecular weight is 247 g/mol. The largest absolute Gasteiger partial charge is 0.397 e. The number of hydrogen-bond donors (Lipinski definition) is 2. The van der Waals surface area contributed by atoms with E-state index in [4.69, 9.17) is 11.5 Å². The van der Waals surface area contributed by atoms with E-state index in [2.05, 4.69) is 4.90 Å². The minimum absolute atomic E-state index is 0.400. The van der Waals surface area contributed by atoms with E-state index in [1.165, 1.54) is 32.1 Å². The summed E-state index contributed by atoms with van der Waals surface area (Å²) in [7, 11) is 0. The summed E-state index contributed by atoms with van der Waals surface area (Å²) in [6.07, 6.45) is 6.23. The van der Waals surface area contributed by atoms with Crippen LogP contribution in [0.1, 0.15) is 42.5 Å². The number of hydrogen-bond acceptors (Lipinski definition) is 3. The van der Waals surface area contributed by atoms with E-state index in [0.29, 0.717) is 5.56 Å². The highest BCUT2D eigenvalue weighted by atomic mass is 16.1. The average Bonchev–Trinajstić information content (AvgIpc) is 2.29. The topological polar surface area (TPSA) is 72.3 Å². The van der Waals surface area contributed by atoms with Crippen molar-refractivity contribution in [1.82, 2.24) is 0 Å². The number of nitrogen functional groups attached to an aromatic ring is 1. The van der Waals surface area contributed by atoms with Crippen LogP contribution in [0.4, 0.5) is 11.4 Å². The first kappa shape index (κ1) is 12.7. The molecule has 1 fully saturated rings. The molecule has 4 heteroatoms. The lowest BCUT2D eigenvalue weighted by molar-refractivity contribution is 0.100. The van der Waals surface area contributed by atoms with Gasteiger partial charge in [-0.05, 0) is 31.0 Å². The molecule has 0 aromatic heterocycles. The summed E-state index contributed by atoms with van der Waals surface area (Å²) in [5, 5.41) is 0. The van der Waals surface area contributed by atoms with E-state index in [0.717, 1.165) is 24.5 Å². The Morgan fingerprint density at radius 3 is 2.28 bits per heavy atom. The lowest BCUT2D eigenvalue weighted by Gasteiger charge is -2.28. The molecule has 0 radical (unpaired) electrons. The summed E-state index contributed by atoms with van der Waals surface area (Å²) in [6.45, 7) is 2.01. The van der Waals surface area contributed by atoms with Gasteiger partial charge < -0.3 is 16.4 Å². The summed E-state index contributed by atoms with van der Waals surface area (Å²) in [4.78, 5) is 13.5. The molecule has 1 aliphatic heterocycles. The van der Waals surface area contributed by atoms with Crippen molar-refractivity contribution in [3.63, 3.8) is 0 Å². The van der Waals surface area contributed by atoms with Crippen LogP contribution in [0.25, 0.3) is 0 Å². The minimum atomic E-state index is -0.400. The molecule has 0 spiro atoms. The number of carbonyl (C=O) groups excluding carboxylic acids is 1. The predicted molar refractivity (Wildman–Crippen MR) is 74.7 cm³/mol. The van der Waals surface area contributed by atoms with Gasteiger partial charge in [0.05, 0.1) is 11.4 Å². The molecule has 0 saturated carbocycles. The van der Waals surface area contributed by atoms with Gasteiger partial charge in [-0.15, -0.1) is 0 Å². The van der Waals surface area contributed by atoms with Crippen LogP contribution >= 0.6 is 0 Å². The van der Waals surface area contributed by atoms with Crippen LogP contribution in [-0.4, -0.2) is 19.0 Å². The van der Waals surface area contributed by atoms with E-state index < -0.39 is 5.91 Å². The van der Waals surface area contributed by atoms with Gasteiger partial charge in [-0.2, -0.15) is 0 Å². The molecular formula is C14H21N3O. The summed E-state index contributed by atoms with van der Waals surface area (Å²) < 4.78 is 0. The number of carbonyl (C=O) groups is 1. The second-order valence-corrected chi connectivity index (χ2v) is 4.89. The van der Waals surface area contributed by atoms with Crippen molar-refractivity contribution in [2.24, 2.45) is 5.73 Å². The summed E-state index contributed by atoms with van der Waals surface area (Å²) in [5.74, 6) is -0.400. The number of anilines is 2. The quantitative estimate of drug-likeness (QED) is 0.786. The minimum Gasteiger partial charge on any atom is -0.397 e. The Morgan fingerprint density at radius 2 is 1.67 bits per heavy atom. The van der Waals surface area contributed by atoms with Crippen LogP contribution in [0, 0.1) is 0 Å². The number of benzene rings is 1. The number of nitrogens with zero attached hydrogens (tertiary/aromatic N) is 1. The van der Waals surface area contributed by atoms with Gasteiger partial charge >= 0.3 is 0 Å². The van der Waals surface area contributed by atoms with Crippen LogP contribution in [0.2, 0.25) is 0 Å². The van der Waals surface area contributed by atoms with Gasteiger partial charge in [0, 0.05) is 18.7 Å². The Morgan fingerprint density at radius 1 is 1.06 bits per heavy atom. The molecule has 1 heterocycles. The van der Waals surface area contributed by atoms with E-state index in [1.54, 1.807) is 12.1 Å². The third-order valence-electron chi connectivity index (χ3n) is 3.51. The number of rotatable bonds is 2. The smallest absolute Gasteiger partial charge is 0.248 e. The van der Waals surface area contributed by atoms with Crippen molar-refractivity contribution in [2.75, 3.05) is 23.7 Å². The van der Waals surface area contributed by atoms with E-state index in [9.17, 15) is 4.79 Å². The second kappa shape index (κ2) is 5.76. The van der Waals surface area contributed by atoms with Crippen molar-refractivity contribution in [2.45, 2.75) is 32.1 Å². The molecule has 0 bridgehead atoms. The molecule has 1 saturated heterocycles. The van der Waals surface area contributed by atoms with E-state index in [1.807, 2.05) is 6.07 Å². The second-order valence-electron chi connectivity index (χ2n) is 4.89. The van der Waals surface area contributed by atoms with Crippen molar-refractivity contribution in [1.29, 1.82) is 0 Å². The van der Waals surface area contributed by atoms with Gasteiger partial charge in [0.2, 0.25) is 5.91 Å². The SMILES string of the molecule is NC(=O)c1ccc(N)c(N2CCCCCCC2)c1. The molecule has 1 aliphatic rings. The zero-order valence-electron chi connectivity index (χ0n) is 10.7. The zero-order chi connectivity index (χ0) is 13.0. The monoisotopic (exact) mass is 247 g/mol. The van der Waals surface area contributed by atoms with Crippen LogP contribution in [0.5, 0.6) is 0 Å². The highest BCUT2D eigenvalue weighted by Gasteiger charge is 2.13. The van der Waals surface area contributed by atoms with Gasteiger partial charge in [-0.25, -0.2) is 0 Å². The molecule has 1 aromatic rings. The fourth-order valence-electron chi connectivity index (χ4n) is 2.46. The molecule has 0 unspecified atom stereocenters. The summed E-state index contributed by atoms with van der Waals surface area (Å²) >= 11 is 0. The summed E-state index contributed by atoms with van der Waals surface area (Å²) in [6, 6.07) is 5.28. The van der Waals surface area contributed by atoms with Gasteiger partial charge in [-0.1, -0.05) is 19.3 Å². The molecule has 2 rings (SSSR count). The molecular weight excluding hydrogens is 226 g/mol. The molecule has 4 nitrogen and oxygen atoms in total. The first-order valence-corrected chi connectivity index (χ1v) is 6.63. The molecule has 0 aliphatic carbocycles. The number of primary amides is 1. The van der Waals surface area contributed by atoms with Gasteiger partial charge in [0.15, 0.2) is 0 Å². The maximum atomic E-state index is 11.2. The fourth-order valence-corrected chi connectivity index (χ4v) is 2.46. The Bertz CT molecular complexity index is 423. The molecule has 1 amide bonds. The van der Waals surface area contributed by atoms with Gasteiger partial charge in [0.1, 0.15) is 0 Å². The maximum Gasteiger partial charge on any atom is 0.248 e. The standard InChI is InChI=1S/C14H21N3O/c15-12-7-6-11(14(16)18)10-13(12)17-8-4-2-1-3-5-9-17/h6-7,10H,1-5,8-9,15H2,(H2,16,18). The van der Waals surface area contributed by atoms with Gasteiger partial charge in [0.25, 0.3) is 0 Å². The lowest BCUT2D eigenvalue weighted by atomic mass is 10.1. The Kier molecular flexibility index (Phi) is 4.07. The lowest BCUT2D eigenvalue weighted by Crippen LogP contribution is -2.28. The van der Waals surface area contributed by atoms with Crippen molar-refractivity contribution in [3.8, 4) is 0 Å².